The van der Waals surface area contributed by atoms with Crippen molar-refractivity contribution in [3.63, 3.8) is 0 Å². The first-order valence-electron chi connectivity index (χ1n) is 6.91. The molecule has 2 rings (SSSR count). The molecule has 0 saturated carbocycles. The minimum Gasteiger partial charge on any atom is -0.396 e. The number of rotatable bonds is 5. The fourth-order valence-electron chi connectivity index (χ4n) is 2.51. The molecule has 2 N–H and O–H groups in total. The number of nitrogens with zero attached hydrogens (tertiary/aromatic N) is 4. The molecule has 0 spiro atoms. The highest BCUT2D eigenvalue weighted by atomic mass is 19.1. The van der Waals surface area contributed by atoms with E-state index in [0.717, 1.165) is 18.4 Å². The summed E-state index contributed by atoms with van der Waals surface area (Å²) < 4.78 is 15.0. The molecular weight excluding hydrogens is 257 g/mol. The number of benzene rings is 1. The minimum absolute atomic E-state index is 0.104. The van der Waals surface area contributed by atoms with Gasteiger partial charge in [0.05, 0.1) is 11.7 Å². The number of aromatic nitrogens is 4. The van der Waals surface area contributed by atoms with E-state index in [4.69, 9.17) is 5.73 Å². The van der Waals surface area contributed by atoms with Gasteiger partial charge in [0.1, 0.15) is 5.82 Å². The molecule has 1 atom stereocenters. The van der Waals surface area contributed by atoms with Crippen molar-refractivity contribution < 1.29 is 4.39 Å². The molecule has 0 aliphatic rings. The maximum Gasteiger partial charge on any atom is 0.182 e. The Hall–Kier alpha value is -1.98. The molecule has 0 fully saturated rings. The highest BCUT2D eigenvalue weighted by Gasteiger charge is 2.21. The quantitative estimate of drug-likeness (QED) is 0.853. The standard InChI is InChI=1S/C14H20FN5/c1-4-10(5-2)9(3)20-14(17-18-19-20)11-6-7-12(15)13(16)8-11/h6-10H,4-5,16H2,1-3H3. The van der Waals surface area contributed by atoms with E-state index >= 15 is 0 Å². The smallest absolute Gasteiger partial charge is 0.182 e. The fourth-order valence-corrected chi connectivity index (χ4v) is 2.51. The summed E-state index contributed by atoms with van der Waals surface area (Å²) in [4.78, 5) is 0. The van der Waals surface area contributed by atoms with Gasteiger partial charge >= 0.3 is 0 Å². The summed E-state index contributed by atoms with van der Waals surface area (Å²) in [6, 6.07) is 4.73. The zero-order chi connectivity index (χ0) is 14.7. The van der Waals surface area contributed by atoms with Crippen molar-refractivity contribution in [2.24, 2.45) is 5.92 Å². The monoisotopic (exact) mass is 277 g/mol. The SMILES string of the molecule is CCC(CC)C(C)n1nnnc1-c1ccc(F)c(N)c1. The van der Waals surface area contributed by atoms with E-state index in [0.29, 0.717) is 11.7 Å². The summed E-state index contributed by atoms with van der Waals surface area (Å²) in [5.74, 6) is 0.687. The number of hydrogen-bond donors (Lipinski definition) is 1. The van der Waals surface area contributed by atoms with Crippen molar-refractivity contribution in [3.05, 3.63) is 24.0 Å². The van der Waals surface area contributed by atoms with Crippen molar-refractivity contribution in [2.45, 2.75) is 39.7 Å². The lowest BCUT2D eigenvalue weighted by atomic mass is 9.95. The van der Waals surface area contributed by atoms with Gasteiger partial charge in [-0.3, -0.25) is 0 Å². The fraction of sp³-hybridized carbons (Fsp3) is 0.500. The van der Waals surface area contributed by atoms with Crippen molar-refractivity contribution >= 4 is 5.69 Å². The maximum absolute atomic E-state index is 13.3. The number of hydrogen-bond acceptors (Lipinski definition) is 4. The van der Waals surface area contributed by atoms with Gasteiger partial charge in [-0.15, -0.1) is 5.10 Å². The second-order valence-electron chi connectivity index (χ2n) is 5.00. The molecule has 6 heteroatoms. The molecule has 0 saturated heterocycles. The van der Waals surface area contributed by atoms with E-state index in [1.807, 2.05) is 0 Å². The molecule has 0 aliphatic heterocycles. The summed E-state index contributed by atoms with van der Waals surface area (Å²) in [5.41, 5.74) is 6.44. The zero-order valence-corrected chi connectivity index (χ0v) is 12.0. The van der Waals surface area contributed by atoms with Crippen LogP contribution < -0.4 is 5.73 Å². The van der Waals surface area contributed by atoms with Crippen molar-refractivity contribution in [1.29, 1.82) is 0 Å². The molecule has 0 radical (unpaired) electrons. The lowest BCUT2D eigenvalue weighted by Gasteiger charge is -2.22. The molecular formula is C14H20FN5. The highest BCUT2D eigenvalue weighted by Crippen LogP contribution is 2.28. The van der Waals surface area contributed by atoms with Crippen molar-refractivity contribution in [3.8, 4) is 11.4 Å². The Bertz CT molecular complexity index is 577. The lowest BCUT2D eigenvalue weighted by Crippen LogP contribution is -2.18. The summed E-state index contributed by atoms with van der Waals surface area (Å²) in [6.45, 7) is 6.42. The number of tetrazole rings is 1. The van der Waals surface area contributed by atoms with E-state index in [1.165, 1.54) is 6.07 Å². The predicted molar refractivity (Wildman–Crippen MR) is 76.4 cm³/mol. The molecule has 1 aromatic heterocycles. The summed E-state index contributed by atoms with van der Waals surface area (Å²) in [5, 5.41) is 11.9. The second-order valence-corrected chi connectivity index (χ2v) is 5.00. The Morgan fingerprint density at radius 1 is 1.30 bits per heavy atom. The van der Waals surface area contributed by atoms with E-state index in [9.17, 15) is 4.39 Å². The number of nitrogens with two attached hydrogens (primary N) is 1. The van der Waals surface area contributed by atoms with E-state index in [1.54, 1.807) is 16.8 Å². The van der Waals surface area contributed by atoms with Crippen LogP contribution in [0.5, 0.6) is 0 Å². The molecule has 108 valence electrons. The molecule has 0 amide bonds. The molecule has 2 aromatic rings. The summed E-state index contributed by atoms with van der Waals surface area (Å²) in [7, 11) is 0. The van der Waals surface area contributed by atoms with Gasteiger partial charge in [-0.1, -0.05) is 26.7 Å². The normalized spacial score (nSPS) is 12.8. The molecule has 20 heavy (non-hydrogen) atoms. The summed E-state index contributed by atoms with van der Waals surface area (Å²) >= 11 is 0. The van der Waals surface area contributed by atoms with Gasteiger partial charge < -0.3 is 5.73 Å². The molecule has 0 aliphatic carbocycles. The van der Waals surface area contributed by atoms with Crippen LogP contribution in [-0.2, 0) is 0 Å². The summed E-state index contributed by atoms with van der Waals surface area (Å²) in [6.07, 6.45) is 2.12. The minimum atomic E-state index is -0.430. The van der Waals surface area contributed by atoms with Gasteiger partial charge in [-0.05, 0) is 41.5 Å². The van der Waals surface area contributed by atoms with Crippen LogP contribution in [0.25, 0.3) is 11.4 Å². The van der Waals surface area contributed by atoms with Crippen LogP contribution in [0.4, 0.5) is 10.1 Å². The third-order valence-electron chi connectivity index (χ3n) is 3.86. The Labute approximate surface area is 118 Å². The van der Waals surface area contributed by atoms with Gasteiger partial charge in [0, 0.05) is 5.56 Å². The van der Waals surface area contributed by atoms with Crippen LogP contribution in [-0.4, -0.2) is 20.2 Å². The Morgan fingerprint density at radius 3 is 2.60 bits per heavy atom. The van der Waals surface area contributed by atoms with Gasteiger partial charge in [0.25, 0.3) is 0 Å². The van der Waals surface area contributed by atoms with Crippen molar-refractivity contribution in [1.82, 2.24) is 20.2 Å². The van der Waals surface area contributed by atoms with Crippen LogP contribution in [0.15, 0.2) is 18.2 Å². The first kappa shape index (κ1) is 14.4. The Kier molecular flexibility index (Phi) is 4.32. The highest BCUT2D eigenvalue weighted by molar-refractivity contribution is 5.61. The number of nitrogen functional groups attached to an aromatic ring is 1. The van der Waals surface area contributed by atoms with Gasteiger partial charge in [-0.2, -0.15) is 0 Å². The van der Waals surface area contributed by atoms with Crippen LogP contribution in [0, 0.1) is 11.7 Å². The van der Waals surface area contributed by atoms with E-state index < -0.39 is 5.82 Å². The van der Waals surface area contributed by atoms with Gasteiger partial charge in [0.2, 0.25) is 0 Å². The Morgan fingerprint density at radius 2 is 2.00 bits per heavy atom. The van der Waals surface area contributed by atoms with Crippen LogP contribution in [0.2, 0.25) is 0 Å². The molecule has 0 bridgehead atoms. The molecule has 1 heterocycles. The maximum atomic E-state index is 13.3. The third-order valence-corrected chi connectivity index (χ3v) is 3.86. The van der Waals surface area contributed by atoms with Gasteiger partial charge in [-0.25, -0.2) is 9.07 Å². The van der Waals surface area contributed by atoms with Crippen LogP contribution in [0.1, 0.15) is 39.7 Å². The zero-order valence-electron chi connectivity index (χ0n) is 12.0. The largest absolute Gasteiger partial charge is 0.396 e. The first-order valence-corrected chi connectivity index (χ1v) is 6.91. The third kappa shape index (κ3) is 2.64. The molecule has 1 unspecified atom stereocenters. The van der Waals surface area contributed by atoms with Crippen LogP contribution in [0.3, 0.4) is 0 Å². The van der Waals surface area contributed by atoms with Crippen LogP contribution >= 0.6 is 0 Å². The number of halogens is 1. The van der Waals surface area contributed by atoms with Gasteiger partial charge in [0.15, 0.2) is 5.82 Å². The van der Waals surface area contributed by atoms with E-state index in [2.05, 4.69) is 36.3 Å². The Balaban J connectivity index is 2.39. The van der Waals surface area contributed by atoms with E-state index in [-0.39, 0.29) is 11.7 Å². The number of anilines is 1. The topological polar surface area (TPSA) is 69.6 Å². The second kappa shape index (κ2) is 5.98. The average Bonchev–Trinajstić information content (AvgIpc) is 2.92. The predicted octanol–water partition coefficient (Wildman–Crippen LogP) is 3.06. The van der Waals surface area contributed by atoms with Crippen molar-refractivity contribution in [2.75, 3.05) is 5.73 Å². The first-order chi connectivity index (χ1) is 9.58. The lowest BCUT2D eigenvalue weighted by molar-refractivity contribution is 0.309. The average molecular weight is 277 g/mol. The molecule has 5 nitrogen and oxygen atoms in total. The molecule has 1 aromatic carbocycles.